The Hall–Kier alpha value is -2.62. The topological polar surface area (TPSA) is 39.9 Å². The number of nitrogens with zero attached hydrogens (tertiary/aromatic N) is 3. The van der Waals surface area contributed by atoms with E-state index in [9.17, 15) is 0 Å². The van der Waals surface area contributed by atoms with Crippen molar-refractivity contribution in [1.82, 2.24) is 15.0 Å². The number of hydrogen-bond donors (Lipinski definition) is 0. The van der Waals surface area contributed by atoms with Crippen molar-refractivity contribution in [3.05, 3.63) is 72.6 Å². The molecule has 4 nitrogen and oxygen atoms in total. The molecule has 1 heterocycles. The van der Waals surface area contributed by atoms with Crippen LogP contribution >= 0.6 is 0 Å². The van der Waals surface area contributed by atoms with Crippen LogP contribution in [0.5, 0.6) is 11.5 Å². The van der Waals surface area contributed by atoms with Gasteiger partial charge in [-0.05, 0) is 18.2 Å². The Kier molecular flexibility index (Phi) is 3.23. The highest BCUT2D eigenvalue weighted by Crippen LogP contribution is 2.25. The van der Waals surface area contributed by atoms with E-state index in [1.165, 1.54) is 0 Å². The molecule has 3 rings (SSSR count). The molecule has 19 heavy (non-hydrogen) atoms. The summed E-state index contributed by atoms with van der Waals surface area (Å²) in [5, 5.41) is 7.77. The molecular formula is C15H13N3O. The molecule has 0 bridgehead atoms. The summed E-state index contributed by atoms with van der Waals surface area (Å²) >= 11 is 0. The fraction of sp³-hybridized carbons (Fsp3) is 0.0667. The molecule has 0 unspecified atom stereocenters. The largest absolute Gasteiger partial charge is 0.457 e. The first-order chi connectivity index (χ1) is 9.42. The summed E-state index contributed by atoms with van der Waals surface area (Å²) < 4.78 is 7.67. The molecule has 0 aliphatic heterocycles. The van der Waals surface area contributed by atoms with E-state index < -0.39 is 0 Å². The van der Waals surface area contributed by atoms with Gasteiger partial charge in [0, 0.05) is 11.8 Å². The van der Waals surface area contributed by atoms with Crippen LogP contribution in [0.1, 0.15) is 5.56 Å². The predicted molar refractivity (Wildman–Crippen MR) is 72.1 cm³/mol. The van der Waals surface area contributed by atoms with Gasteiger partial charge in [-0.3, -0.25) is 0 Å². The molecule has 2 aromatic carbocycles. The minimum Gasteiger partial charge on any atom is -0.457 e. The molecule has 0 atom stereocenters. The van der Waals surface area contributed by atoms with Gasteiger partial charge in [-0.1, -0.05) is 41.6 Å². The van der Waals surface area contributed by atoms with E-state index in [1.807, 2.05) is 60.8 Å². The zero-order valence-corrected chi connectivity index (χ0v) is 10.3. The number of ether oxygens (including phenoxy) is 1. The smallest absolute Gasteiger partial charge is 0.132 e. The van der Waals surface area contributed by atoms with Gasteiger partial charge in [-0.25, -0.2) is 4.68 Å². The minimum absolute atomic E-state index is 0.642. The highest BCUT2D eigenvalue weighted by Gasteiger charge is 2.05. The van der Waals surface area contributed by atoms with Crippen molar-refractivity contribution in [2.45, 2.75) is 6.54 Å². The molecule has 94 valence electrons. The number of para-hydroxylation sites is 2. The van der Waals surface area contributed by atoms with Gasteiger partial charge in [0.05, 0.1) is 12.7 Å². The molecule has 0 aliphatic carbocycles. The van der Waals surface area contributed by atoms with Crippen molar-refractivity contribution in [2.75, 3.05) is 0 Å². The van der Waals surface area contributed by atoms with Crippen LogP contribution in [0.2, 0.25) is 0 Å². The Morgan fingerprint density at radius 3 is 2.53 bits per heavy atom. The van der Waals surface area contributed by atoms with E-state index in [2.05, 4.69) is 10.3 Å². The highest BCUT2D eigenvalue weighted by atomic mass is 16.5. The predicted octanol–water partition coefficient (Wildman–Crippen LogP) is 3.12. The Bertz CT molecular complexity index is 636. The van der Waals surface area contributed by atoms with E-state index in [4.69, 9.17) is 4.74 Å². The fourth-order valence-electron chi connectivity index (χ4n) is 1.84. The summed E-state index contributed by atoms with van der Waals surface area (Å²) in [4.78, 5) is 0. The first-order valence-corrected chi connectivity index (χ1v) is 6.07. The second kappa shape index (κ2) is 5.35. The minimum atomic E-state index is 0.642. The monoisotopic (exact) mass is 251 g/mol. The Morgan fingerprint density at radius 1 is 0.947 bits per heavy atom. The quantitative estimate of drug-likeness (QED) is 0.715. The highest BCUT2D eigenvalue weighted by molar-refractivity contribution is 5.37. The Morgan fingerprint density at radius 2 is 1.74 bits per heavy atom. The van der Waals surface area contributed by atoms with Gasteiger partial charge in [0.2, 0.25) is 0 Å². The van der Waals surface area contributed by atoms with E-state index in [-0.39, 0.29) is 0 Å². The molecule has 4 heteroatoms. The second-order valence-corrected chi connectivity index (χ2v) is 4.12. The zero-order valence-electron chi connectivity index (χ0n) is 10.3. The molecule has 0 N–H and O–H groups in total. The van der Waals surface area contributed by atoms with Crippen LogP contribution in [0, 0.1) is 0 Å². The summed E-state index contributed by atoms with van der Waals surface area (Å²) in [5.41, 5.74) is 1.07. The molecule has 0 spiro atoms. The fourth-order valence-corrected chi connectivity index (χ4v) is 1.84. The lowest BCUT2D eigenvalue weighted by molar-refractivity contribution is 0.471. The van der Waals surface area contributed by atoms with E-state index in [0.717, 1.165) is 17.1 Å². The summed E-state index contributed by atoms with van der Waals surface area (Å²) in [5.74, 6) is 1.66. The van der Waals surface area contributed by atoms with Crippen molar-refractivity contribution in [3.63, 3.8) is 0 Å². The molecule has 0 radical (unpaired) electrons. The molecule has 3 aromatic rings. The van der Waals surface area contributed by atoms with Crippen LogP contribution in [0.4, 0.5) is 0 Å². The lowest BCUT2D eigenvalue weighted by Gasteiger charge is -2.10. The summed E-state index contributed by atoms with van der Waals surface area (Å²) in [7, 11) is 0. The standard InChI is InChI=1S/C15H13N3O/c1-2-7-14(8-3-1)19-15-9-5-4-6-13(15)12-18-11-10-16-17-18/h1-11H,12H2. The van der Waals surface area contributed by atoms with Crippen molar-refractivity contribution >= 4 is 0 Å². The van der Waals surface area contributed by atoms with E-state index in [0.29, 0.717) is 6.54 Å². The third kappa shape index (κ3) is 2.80. The summed E-state index contributed by atoms with van der Waals surface area (Å²) in [6.07, 6.45) is 3.50. The maximum atomic E-state index is 5.90. The van der Waals surface area contributed by atoms with Gasteiger partial charge in [-0.2, -0.15) is 0 Å². The molecular weight excluding hydrogens is 238 g/mol. The van der Waals surface area contributed by atoms with Gasteiger partial charge < -0.3 is 4.74 Å². The first kappa shape index (κ1) is 11.5. The third-order valence-electron chi connectivity index (χ3n) is 2.75. The van der Waals surface area contributed by atoms with Crippen LogP contribution in [-0.4, -0.2) is 15.0 Å². The van der Waals surface area contributed by atoms with Gasteiger partial charge >= 0.3 is 0 Å². The third-order valence-corrected chi connectivity index (χ3v) is 2.75. The number of benzene rings is 2. The average molecular weight is 251 g/mol. The number of hydrogen-bond acceptors (Lipinski definition) is 3. The van der Waals surface area contributed by atoms with Gasteiger partial charge in [0.1, 0.15) is 11.5 Å². The van der Waals surface area contributed by atoms with Crippen LogP contribution in [-0.2, 0) is 6.54 Å². The number of aromatic nitrogens is 3. The molecule has 0 saturated heterocycles. The maximum absolute atomic E-state index is 5.90. The summed E-state index contributed by atoms with van der Waals surface area (Å²) in [6.45, 7) is 0.642. The van der Waals surface area contributed by atoms with Gasteiger partial charge in [0.25, 0.3) is 0 Å². The molecule has 0 fully saturated rings. The van der Waals surface area contributed by atoms with Crippen LogP contribution in [0.25, 0.3) is 0 Å². The molecule has 0 saturated carbocycles. The molecule has 1 aromatic heterocycles. The molecule has 0 aliphatic rings. The second-order valence-electron chi connectivity index (χ2n) is 4.12. The normalized spacial score (nSPS) is 10.3. The zero-order chi connectivity index (χ0) is 12.9. The van der Waals surface area contributed by atoms with Crippen LogP contribution in [0.15, 0.2) is 67.0 Å². The van der Waals surface area contributed by atoms with Crippen LogP contribution < -0.4 is 4.74 Å². The average Bonchev–Trinajstić information content (AvgIpc) is 2.95. The Labute approximate surface area is 111 Å². The Balaban J connectivity index is 1.85. The van der Waals surface area contributed by atoms with Crippen molar-refractivity contribution < 1.29 is 4.74 Å². The number of rotatable bonds is 4. The van der Waals surface area contributed by atoms with Gasteiger partial charge in [-0.15, -0.1) is 5.10 Å². The maximum Gasteiger partial charge on any atom is 0.132 e. The SMILES string of the molecule is c1ccc(Oc2ccccc2Cn2ccnn2)cc1. The van der Waals surface area contributed by atoms with E-state index in [1.54, 1.807) is 10.9 Å². The summed E-state index contributed by atoms with van der Waals surface area (Å²) in [6, 6.07) is 17.7. The molecule has 0 amide bonds. The lowest BCUT2D eigenvalue weighted by Crippen LogP contribution is -2.02. The van der Waals surface area contributed by atoms with Crippen molar-refractivity contribution in [2.24, 2.45) is 0 Å². The van der Waals surface area contributed by atoms with Crippen molar-refractivity contribution in [3.8, 4) is 11.5 Å². The van der Waals surface area contributed by atoms with Crippen LogP contribution in [0.3, 0.4) is 0 Å². The van der Waals surface area contributed by atoms with Gasteiger partial charge in [0.15, 0.2) is 0 Å². The first-order valence-electron chi connectivity index (χ1n) is 6.07. The van der Waals surface area contributed by atoms with E-state index >= 15 is 0 Å². The van der Waals surface area contributed by atoms with Crippen molar-refractivity contribution in [1.29, 1.82) is 0 Å². The lowest BCUT2D eigenvalue weighted by atomic mass is 10.2.